The first-order valence-corrected chi connectivity index (χ1v) is 12.9. The summed E-state index contributed by atoms with van der Waals surface area (Å²) in [5.74, 6) is 0.531. The number of H-pyrrole nitrogens is 1. The molecular weight excluding hydrogens is 479 g/mol. The number of methoxy groups -OCH3 is 1. The van der Waals surface area contributed by atoms with Crippen molar-refractivity contribution in [2.24, 2.45) is 0 Å². The molecule has 1 aromatic carbocycles. The number of nitrogens with zero attached hydrogens (tertiary/aromatic N) is 3. The van der Waals surface area contributed by atoms with Crippen LogP contribution in [0.15, 0.2) is 54.1 Å². The van der Waals surface area contributed by atoms with Crippen LogP contribution < -0.4 is 5.32 Å². The fourth-order valence-corrected chi connectivity index (χ4v) is 5.82. The van der Waals surface area contributed by atoms with Crippen LogP contribution in [0.4, 0.5) is 13.2 Å². The standard InChI is InChI=1S/C28H38F3N5O/c1-6-20(33-21-15-35(16-21)11-7-10-29)13-26(37-5)19(3)28(4)24-8-9-25-23(14-32-34-25)22(24)12-18(2)36(28)17-27(30)31/h6,8-9,13-14,18,21,27,33H,3,7,10-12,15-17H2,1-2,4-5H3,(H,32,34)/b20-6+,26-13+/t18-,28-/m1/s1. The van der Waals surface area contributed by atoms with E-state index in [4.69, 9.17) is 4.74 Å². The molecule has 0 saturated carbocycles. The van der Waals surface area contributed by atoms with Crippen LogP contribution in [-0.4, -0.2) is 78.5 Å². The van der Waals surface area contributed by atoms with Crippen molar-refractivity contribution in [2.45, 2.75) is 57.7 Å². The van der Waals surface area contributed by atoms with E-state index in [1.54, 1.807) is 13.3 Å². The predicted octanol–water partition coefficient (Wildman–Crippen LogP) is 4.91. The number of aromatic nitrogens is 2. The number of allylic oxidation sites excluding steroid dienone is 2. The Morgan fingerprint density at radius 1 is 1.38 bits per heavy atom. The third kappa shape index (κ3) is 5.29. The summed E-state index contributed by atoms with van der Waals surface area (Å²) < 4.78 is 46.0. The summed E-state index contributed by atoms with van der Waals surface area (Å²) in [6.45, 7) is 12.1. The van der Waals surface area contributed by atoms with E-state index < -0.39 is 12.0 Å². The van der Waals surface area contributed by atoms with Crippen LogP contribution in [0.5, 0.6) is 0 Å². The van der Waals surface area contributed by atoms with Crippen molar-refractivity contribution in [3.63, 3.8) is 0 Å². The van der Waals surface area contributed by atoms with Gasteiger partial charge < -0.3 is 10.1 Å². The number of alkyl halides is 3. The highest BCUT2D eigenvalue weighted by Crippen LogP contribution is 2.47. The third-order valence-electron chi connectivity index (χ3n) is 7.84. The molecule has 2 aliphatic heterocycles. The highest BCUT2D eigenvalue weighted by molar-refractivity contribution is 5.84. The van der Waals surface area contributed by atoms with E-state index in [1.807, 2.05) is 50.0 Å². The van der Waals surface area contributed by atoms with Crippen LogP contribution in [-0.2, 0) is 16.7 Å². The average molecular weight is 518 g/mol. The Morgan fingerprint density at radius 2 is 2.14 bits per heavy atom. The second-order valence-corrected chi connectivity index (χ2v) is 10.2. The van der Waals surface area contributed by atoms with Gasteiger partial charge in [0, 0.05) is 48.4 Å². The first-order chi connectivity index (χ1) is 17.7. The van der Waals surface area contributed by atoms with Gasteiger partial charge in [-0.15, -0.1) is 0 Å². The van der Waals surface area contributed by atoms with Crippen LogP contribution in [0.2, 0.25) is 0 Å². The summed E-state index contributed by atoms with van der Waals surface area (Å²) in [7, 11) is 1.58. The molecule has 0 spiro atoms. The average Bonchev–Trinajstić information content (AvgIpc) is 3.34. The monoisotopic (exact) mass is 517 g/mol. The minimum atomic E-state index is -2.49. The molecule has 2 N–H and O–H groups in total. The Hall–Kier alpha value is -2.78. The molecule has 4 rings (SSSR count). The van der Waals surface area contributed by atoms with Gasteiger partial charge >= 0.3 is 0 Å². The summed E-state index contributed by atoms with van der Waals surface area (Å²) in [5.41, 5.74) is 3.51. The lowest BCUT2D eigenvalue weighted by Gasteiger charge is -2.51. The van der Waals surface area contributed by atoms with Crippen LogP contribution in [0.3, 0.4) is 0 Å². The van der Waals surface area contributed by atoms with Gasteiger partial charge in [0.2, 0.25) is 0 Å². The molecule has 0 unspecified atom stereocenters. The summed E-state index contributed by atoms with van der Waals surface area (Å²) in [6.07, 6.45) is 4.36. The third-order valence-corrected chi connectivity index (χ3v) is 7.84. The molecule has 1 saturated heterocycles. The van der Waals surface area contributed by atoms with Crippen molar-refractivity contribution < 1.29 is 17.9 Å². The van der Waals surface area contributed by atoms with Crippen LogP contribution in [0, 0.1) is 0 Å². The van der Waals surface area contributed by atoms with E-state index in [-0.39, 0.29) is 25.3 Å². The van der Waals surface area contributed by atoms with Crippen molar-refractivity contribution in [3.05, 3.63) is 65.2 Å². The molecule has 202 valence electrons. The zero-order chi connectivity index (χ0) is 26.7. The number of nitrogens with one attached hydrogen (secondary N) is 2. The second-order valence-electron chi connectivity index (χ2n) is 10.2. The summed E-state index contributed by atoms with van der Waals surface area (Å²) in [6, 6.07) is 4.05. The number of hydrogen-bond acceptors (Lipinski definition) is 5. The smallest absolute Gasteiger partial charge is 0.251 e. The zero-order valence-electron chi connectivity index (χ0n) is 22.2. The van der Waals surface area contributed by atoms with E-state index in [9.17, 15) is 13.2 Å². The van der Waals surface area contributed by atoms with Crippen molar-refractivity contribution in [1.29, 1.82) is 0 Å². The largest absolute Gasteiger partial charge is 0.496 e. The highest BCUT2D eigenvalue weighted by Gasteiger charge is 2.46. The van der Waals surface area contributed by atoms with Gasteiger partial charge in [0.25, 0.3) is 6.43 Å². The number of fused-ring (bicyclic) bond motifs is 3. The summed E-state index contributed by atoms with van der Waals surface area (Å²) >= 11 is 0. The summed E-state index contributed by atoms with van der Waals surface area (Å²) in [5, 5.41) is 11.7. The van der Waals surface area contributed by atoms with Gasteiger partial charge in [-0.25, -0.2) is 8.78 Å². The zero-order valence-corrected chi connectivity index (χ0v) is 22.2. The number of halogens is 3. The number of benzene rings is 1. The van der Waals surface area contributed by atoms with Gasteiger partial charge in [0.1, 0.15) is 5.76 Å². The minimum Gasteiger partial charge on any atom is -0.496 e. The number of aromatic amines is 1. The highest BCUT2D eigenvalue weighted by atomic mass is 19.3. The Kier molecular flexibility index (Phi) is 8.33. The fraction of sp³-hybridized carbons (Fsp3) is 0.536. The summed E-state index contributed by atoms with van der Waals surface area (Å²) in [4.78, 5) is 4.06. The number of ether oxygens (including phenoxy) is 1. The maximum absolute atomic E-state index is 13.8. The minimum absolute atomic E-state index is 0.147. The first kappa shape index (κ1) is 27.3. The molecule has 2 atom stereocenters. The SMILES string of the molecule is C=C(/C(=C\C(=C/C)NC1CN(CCCF)C1)OC)[C@]1(C)c2ccc3[nH]ncc3c2C[C@@H](C)N1CC(F)F. The van der Waals surface area contributed by atoms with Crippen molar-refractivity contribution in [3.8, 4) is 0 Å². The van der Waals surface area contributed by atoms with Gasteiger partial charge in [-0.2, -0.15) is 5.10 Å². The molecule has 2 aliphatic rings. The van der Waals surface area contributed by atoms with Gasteiger partial charge in [0.15, 0.2) is 0 Å². The fourth-order valence-electron chi connectivity index (χ4n) is 5.82. The molecule has 1 aromatic heterocycles. The topological polar surface area (TPSA) is 56.4 Å². The Labute approximate surface area is 217 Å². The maximum Gasteiger partial charge on any atom is 0.251 e. The molecule has 37 heavy (non-hydrogen) atoms. The molecule has 0 radical (unpaired) electrons. The molecule has 0 aliphatic carbocycles. The van der Waals surface area contributed by atoms with E-state index in [0.29, 0.717) is 24.2 Å². The second kappa shape index (κ2) is 11.3. The lowest BCUT2D eigenvalue weighted by atomic mass is 9.73. The Bertz CT molecular complexity index is 1170. The van der Waals surface area contributed by atoms with E-state index in [0.717, 1.165) is 47.4 Å². The molecule has 0 amide bonds. The number of likely N-dealkylation sites (tertiary alicyclic amines) is 1. The molecule has 6 nitrogen and oxygen atoms in total. The van der Waals surface area contributed by atoms with E-state index in [1.165, 1.54) is 0 Å². The van der Waals surface area contributed by atoms with Gasteiger partial charge in [0.05, 0.1) is 43.6 Å². The molecule has 1 fully saturated rings. The van der Waals surface area contributed by atoms with Crippen molar-refractivity contribution in [2.75, 3.05) is 40.0 Å². The lowest BCUT2D eigenvalue weighted by molar-refractivity contribution is 0.00504. The Balaban J connectivity index is 1.66. The quantitative estimate of drug-likeness (QED) is 0.328. The normalized spacial score (nSPS) is 23.8. The van der Waals surface area contributed by atoms with Crippen LogP contribution in [0.1, 0.15) is 38.3 Å². The lowest BCUT2D eigenvalue weighted by Crippen LogP contribution is -2.57. The van der Waals surface area contributed by atoms with Crippen molar-refractivity contribution in [1.82, 2.24) is 25.3 Å². The van der Waals surface area contributed by atoms with Crippen molar-refractivity contribution >= 4 is 10.9 Å². The first-order valence-electron chi connectivity index (χ1n) is 12.9. The molecule has 3 heterocycles. The molecular formula is C28H38F3N5O. The molecule has 2 aromatic rings. The van der Waals surface area contributed by atoms with Gasteiger partial charge in [-0.3, -0.25) is 19.3 Å². The van der Waals surface area contributed by atoms with Gasteiger partial charge in [-0.05, 0) is 50.8 Å². The molecule has 9 heteroatoms. The molecule has 0 bridgehead atoms. The van der Waals surface area contributed by atoms with Gasteiger partial charge in [-0.1, -0.05) is 18.7 Å². The Morgan fingerprint density at radius 3 is 2.78 bits per heavy atom. The number of rotatable bonds is 11. The number of hydrogen-bond donors (Lipinski definition) is 2. The van der Waals surface area contributed by atoms with Crippen LogP contribution in [0.25, 0.3) is 10.9 Å². The van der Waals surface area contributed by atoms with E-state index in [2.05, 4.69) is 27.0 Å². The van der Waals surface area contributed by atoms with E-state index >= 15 is 0 Å². The maximum atomic E-state index is 13.8. The predicted molar refractivity (Wildman–Crippen MR) is 141 cm³/mol. The van der Waals surface area contributed by atoms with Crippen LogP contribution >= 0.6 is 0 Å².